The van der Waals surface area contributed by atoms with E-state index >= 15 is 0 Å². The summed E-state index contributed by atoms with van der Waals surface area (Å²) >= 11 is 1.18. The second-order valence-corrected chi connectivity index (χ2v) is 11.3. The zero-order valence-corrected chi connectivity index (χ0v) is 22.9. The molecule has 3 amide bonds. The van der Waals surface area contributed by atoms with Crippen molar-refractivity contribution in [3.63, 3.8) is 0 Å². The summed E-state index contributed by atoms with van der Waals surface area (Å²) in [5.41, 5.74) is 0.328. The Morgan fingerprint density at radius 2 is 1.71 bits per heavy atom. The van der Waals surface area contributed by atoms with E-state index in [9.17, 15) is 27.2 Å². The van der Waals surface area contributed by atoms with Crippen molar-refractivity contribution < 1.29 is 31.9 Å². The molecule has 220 valence electrons. The predicted molar refractivity (Wildman–Crippen MR) is 149 cm³/mol. The number of para-hydroxylation sites is 1. The zero-order chi connectivity index (χ0) is 29.0. The maximum Gasteiger partial charge on any atom is 0.415 e. The summed E-state index contributed by atoms with van der Waals surface area (Å²) in [5, 5.41) is 5.09. The molecule has 0 radical (unpaired) electrons. The number of carbonyl (C=O) groups is 2. The highest BCUT2D eigenvalue weighted by Crippen LogP contribution is 2.37. The second-order valence-electron chi connectivity index (χ2n) is 10.1. The van der Waals surface area contributed by atoms with E-state index in [4.69, 9.17) is 4.74 Å². The van der Waals surface area contributed by atoms with Crippen molar-refractivity contribution in [2.75, 3.05) is 41.7 Å². The number of nitrogens with zero attached hydrogens (tertiary/aromatic N) is 4. The van der Waals surface area contributed by atoms with E-state index in [1.807, 2.05) is 4.90 Å². The van der Waals surface area contributed by atoms with Crippen LogP contribution in [0.4, 0.5) is 39.5 Å². The van der Waals surface area contributed by atoms with Gasteiger partial charge in [0.1, 0.15) is 11.6 Å². The highest BCUT2D eigenvalue weighted by Gasteiger charge is 2.53. The minimum Gasteiger partial charge on any atom is -0.457 e. The fourth-order valence-corrected chi connectivity index (χ4v) is 6.15. The predicted octanol–water partition coefficient (Wildman–Crippen LogP) is 5.26. The molecule has 3 heterocycles. The first-order valence-corrected chi connectivity index (χ1v) is 14.4. The number of aromatic nitrogens is 1. The molecule has 1 aliphatic carbocycles. The van der Waals surface area contributed by atoms with Crippen molar-refractivity contribution in [3.05, 3.63) is 48.4 Å². The van der Waals surface area contributed by atoms with Crippen LogP contribution in [-0.4, -0.2) is 76.8 Å². The average molecular weight is 595 g/mol. The third kappa shape index (κ3) is 7.21. The first kappa shape index (κ1) is 29.0. The molecule has 0 bridgehead atoms. The summed E-state index contributed by atoms with van der Waals surface area (Å²) in [7, 11) is 0. The number of nitrogens with one attached hydrogen (secondary N) is 2. The molecule has 5 rings (SSSR count). The van der Waals surface area contributed by atoms with Gasteiger partial charge in [0.15, 0.2) is 6.04 Å². The monoisotopic (exact) mass is 594 g/mol. The fourth-order valence-electron chi connectivity index (χ4n) is 4.97. The van der Waals surface area contributed by atoms with E-state index in [2.05, 4.69) is 20.6 Å². The van der Waals surface area contributed by atoms with Gasteiger partial charge in [-0.2, -0.15) is 13.2 Å². The molecule has 2 N–H and O–H groups in total. The molecule has 2 atom stereocenters. The number of aliphatic imine (C=N–C) groups is 1. The van der Waals surface area contributed by atoms with Crippen molar-refractivity contribution >= 4 is 46.1 Å². The largest absolute Gasteiger partial charge is 0.457 e. The SMILES string of the molecule is O=C(Nc1ccc(N2CCN(C(=O)Nc3ccccc3F)CC2)nc1)C1OC(SC2CCCCC2)=NC1C(F)(F)F. The normalized spacial score (nSPS) is 21.7. The van der Waals surface area contributed by atoms with Gasteiger partial charge in [-0.3, -0.25) is 4.79 Å². The molecule has 9 nitrogen and oxygen atoms in total. The Morgan fingerprint density at radius 1 is 0.976 bits per heavy atom. The molecule has 2 unspecified atom stereocenters. The lowest BCUT2D eigenvalue weighted by molar-refractivity contribution is -0.165. The Bertz CT molecular complexity index is 1260. The van der Waals surface area contributed by atoms with E-state index in [-0.39, 0.29) is 21.9 Å². The van der Waals surface area contributed by atoms with Gasteiger partial charge in [0.05, 0.1) is 17.6 Å². The molecule has 2 aliphatic heterocycles. The van der Waals surface area contributed by atoms with Gasteiger partial charge in [-0.1, -0.05) is 43.2 Å². The Hall–Kier alpha value is -3.55. The van der Waals surface area contributed by atoms with Crippen LogP contribution in [-0.2, 0) is 9.53 Å². The van der Waals surface area contributed by atoms with E-state index in [1.165, 1.54) is 36.2 Å². The van der Waals surface area contributed by atoms with Crippen LogP contribution in [0, 0.1) is 5.82 Å². The third-order valence-electron chi connectivity index (χ3n) is 7.19. The molecule has 41 heavy (non-hydrogen) atoms. The van der Waals surface area contributed by atoms with Crippen LogP contribution >= 0.6 is 11.8 Å². The number of urea groups is 1. The van der Waals surface area contributed by atoms with Gasteiger partial charge in [0.2, 0.25) is 11.3 Å². The number of thioether (sulfide) groups is 1. The number of benzene rings is 1. The minimum atomic E-state index is -4.73. The molecule has 2 aromatic rings. The number of hydrogen-bond donors (Lipinski definition) is 2. The molecule has 1 aromatic carbocycles. The van der Waals surface area contributed by atoms with Crippen molar-refractivity contribution in [2.45, 2.75) is 55.7 Å². The maximum absolute atomic E-state index is 13.8. The highest BCUT2D eigenvalue weighted by atomic mass is 32.2. The lowest BCUT2D eigenvalue weighted by Gasteiger charge is -2.35. The first-order chi connectivity index (χ1) is 19.7. The first-order valence-electron chi connectivity index (χ1n) is 13.5. The summed E-state index contributed by atoms with van der Waals surface area (Å²) < 4.78 is 60.3. The Kier molecular flexibility index (Phi) is 8.85. The topological polar surface area (TPSA) is 99.2 Å². The van der Waals surface area contributed by atoms with Crippen LogP contribution in [0.1, 0.15) is 32.1 Å². The fraction of sp³-hybridized carbons (Fsp3) is 0.481. The van der Waals surface area contributed by atoms with Crippen LogP contribution in [0.3, 0.4) is 0 Å². The Balaban J connectivity index is 1.13. The maximum atomic E-state index is 13.8. The number of amides is 3. The van der Waals surface area contributed by atoms with Gasteiger partial charge >= 0.3 is 12.2 Å². The Morgan fingerprint density at radius 3 is 2.37 bits per heavy atom. The molecule has 1 saturated carbocycles. The van der Waals surface area contributed by atoms with E-state index in [0.717, 1.165) is 32.1 Å². The summed E-state index contributed by atoms with van der Waals surface area (Å²) in [6.07, 6.45) is -0.277. The molecule has 1 saturated heterocycles. The van der Waals surface area contributed by atoms with E-state index < -0.39 is 36.1 Å². The van der Waals surface area contributed by atoms with Crippen LogP contribution in [0.15, 0.2) is 47.6 Å². The summed E-state index contributed by atoms with van der Waals surface area (Å²) in [5.74, 6) is -0.883. The smallest absolute Gasteiger partial charge is 0.415 e. The van der Waals surface area contributed by atoms with Gasteiger partial charge < -0.3 is 25.2 Å². The quantitative estimate of drug-likeness (QED) is 0.458. The number of hydrogen-bond acceptors (Lipinski definition) is 7. The number of rotatable bonds is 5. The highest BCUT2D eigenvalue weighted by molar-refractivity contribution is 8.14. The van der Waals surface area contributed by atoms with Gasteiger partial charge in [0.25, 0.3) is 5.91 Å². The molecule has 1 aromatic heterocycles. The van der Waals surface area contributed by atoms with Crippen molar-refractivity contribution in [3.8, 4) is 0 Å². The van der Waals surface area contributed by atoms with E-state index in [0.29, 0.717) is 32.0 Å². The number of alkyl halides is 3. The van der Waals surface area contributed by atoms with Gasteiger partial charge in [0, 0.05) is 31.4 Å². The van der Waals surface area contributed by atoms with Gasteiger partial charge in [-0.15, -0.1) is 0 Å². The second kappa shape index (κ2) is 12.5. The summed E-state index contributed by atoms with van der Waals surface area (Å²) in [6.45, 7) is 1.68. The molecule has 3 aliphatic rings. The molecular weight excluding hydrogens is 564 g/mol. The van der Waals surface area contributed by atoms with Crippen LogP contribution in [0.5, 0.6) is 0 Å². The number of anilines is 3. The van der Waals surface area contributed by atoms with Crippen LogP contribution in [0.25, 0.3) is 0 Å². The number of pyridine rings is 1. The van der Waals surface area contributed by atoms with Crippen molar-refractivity contribution in [2.24, 2.45) is 4.99 Å². The third-order valence-corrected chi connectivity index (χ3v) is 8.40. The molecule has 2 fully saturated rings. The standard InChI is InChI=1S/C27H30F4N6O3S/c28-19-8-4-5-9-20(19)34-25(39)37-14-12-36(13-15-37)21-11-10-17(16-32-21)33-24(38)22-23(27(29,30)31)35-26(40-22)41-18-6-2-1-3-7-18/h4-5,8-11,16,18,22-23H,1-3,6-7,12-15H2,(H,33,38)(H,34,39). The zero-order valence-electron chi connectivity index (χ0n) is 22.1. The van der Waals surface area contributed by atoms with Crippen molar-refractivity contribution in [1.82, 2.24) is 9.88 Å². The lowest BCUT2D eigenvalue weighted by atomic mass is 10.0. The lowest BCUT2D eigenvalue weighted by Crippen LogP contribution is -2.50. The van der Waals surface area contributed by atoms with E-state index in [1.54, 1.807) is 23.1 Å². The molecule has 14 heteroatoms. The van der Waals surface area contributed by atoms with Crippen molar-refractivity contribution in [1.29, 1.82) is 0 Å². The van der Waals surface area contributed by atoms with Crippen LogP contribution < -0.4 is 15.5 Å². The summed E-state index contributed by atoms with van der Waals surface area (Å²) in [4.78, 5) is 36.9. The van der Waals surface area contributed by atoms with Gasteiger partial charge in [-0.25, -0.2) is 19.2 Å². The molecule has 0 spiro atoms. The minimum absolute atomic E-state index is 0.0884. The molecular formula is C27H30F4N6O3S. The Labute approximate surface area is 238 Å². The number of ether oxygens (including phenoxy) is 1. The summed E-state index contributed by atoms with van der Waals surface area (Å²) in [6, 6.07) is 6.43. The average Bonchev–Trinajstić information content (AvgIpc) is 3.40. The number of carbonyl (C=O) groups excluding carboxylic acids is 2. The van der Waals surface area contributed by atoms with Crippen LogP contribution in [0.2, 0.25) is 0 Å². The number of piperazine rings is 1. The van der Waals surface area contributed by atoms with Gasteiger partial charge in [-0.05, 0) is 37.1 Å². The number of halogens is 4.